The van der Waals surface area contributed by atoms with Crippen LogP contribution in [0.25, 0.3) is 5.69 Å². The first kappa shape index (κ1) is 22.5. The lowest BCUT2D eigenvalue weighted by Crippen LogP contribution is -2.21. The first-order valence-electron chi connectivity index (χ1n) is 8.54. The van der Waals surface area contributed by atoms with E-state index in [1.165, 1.54) is 12.1 Å². The molecule has 3 aromatic rings. The maximum atomic E-state index is 13.1. The number of para-hydroxylation sites is 1. The lowest BCUT2D eigenvalue weighted by atomic mass is 10.3. The van der Waals surface area contributed by atoms with Gasteiger partial charge in [0.05, 0.1) is 17.3 Å². The SMILES string of the molecule is CCOC(=O)c1nnc(NC(=O)COc2cc(C(F)(F)F)nn2-c2ccccc2Cl)s1. The van der Waals surface area contributed by atoms with Gasteiger partial charge in [0.15, 0.2) is 12.3 Å². The van der Waals surface area contributed by atoms with Crippen LogP contribution in [-0.4, -0.2) is 45.1 Å². The molecular formula is C17H13ClF3N5O4S. The fourth-order valence-electron chi connectivity index (χ4n) is 2.25. The van der Waals surface area contributed by atoms with Crippen LogP contribution in [-0.2, 0) is 15.7 Å². The van der Waals surface area contributed by atoms with Crippen molar-refractivity contribution in [3.05, 3.63) is 46.1 Å². The summed E-state index contributed by atoms with van der Waals surface area (Å²) in [4.78, 5) is 23.7. The number of hydrogen-bond acceptors (Lipinski definition) is 8. The summed E-state index contributed by atoms with van der Waals surface area (Å²) in [5.41, 5.74) is -1.08. The number of aromatic nitrogens is 4. The number of carbonyl (C=O) groups is 2. The van der Waals surface area contributed by atoms with E-state index in [2.05, 4.69) is 20.6 Å². The van der Waals surface area contributed by atoms with Gasteiger partial charge in [-0.1, -0.05) is 35.1 Å². The molecule has 3 rings (SSSR count). The fourth-order valence-corrected chi connectivity index (χ4v) is 3.11. The van der Waals surface area contributed by atoms with E-state index in [0.717, 1.165) is 16.0 Å². The van der Waals surface area contributed by atoms with Gasteiger partial charge in [-0.05, 0) is 19.1 Å². The van der Waals surface area contributed by atoms with Gasteiger partial charge in [0.1, 0.15) is 0 Å². The van der Waals surface area contributed by atoms with Gasteiger partial charge in [-0.3, -0.25) is 10.1 Å². The summed E-state index contributed by atoms with van der Waals surface area (Å²) in [7, 11) is 0. The first-order valence-corrected chi connectivity index (χ1v) is 9.74. The number of nitrogens with one attached hydrogen (secondary N) is 1. The minimum Gasteiger partial charge on any atom is -0.467 e. The van der Waals surface area contributed by atoms with Crippen LogP contribution in [0.3, 0.4) is 0 Å². The molecule has 14 heteroatoms. The molecule has 0 fully saturated rings. The number of anilines is 1. The van der Waals surface area contributed by atoms with Gasteiger partial charge in [0, 0.05) is 6.07 Å². The van der Waals surface area contributed by atoms with E-state index in [0.29, 0.717) is 6.07 Å². The molecule has 0 aliphatic heterocycles. The molecule has 0 aliphatic rings. The topological polar surface area (TPSA) is 108 Å². The molecule has 0 saturated carbocycles. The van der Waals surface area contributed by atoms with E-state index >= 15 is 0 Å². The zero-order valence-corrected chi connectivity index (χ0v) is 17.2. The van der Waals surface area contributed by atoms with Crippen LogP contribution in [0.15, 0.2) is 30.3 Å². The van der Waals surface area contributed by atoms with E-state index in [-0.39, 0.29) is 33.3 Å². The molecular weight excluding hydrogens is 463 g/mol. The third-order valence-electron chi connectivity index (χ3n) is 3.52. The van der Waals surface area contributed by atoms with E-state index in [4.69, 9.17) is 21.1 Å². The zero-order valence-electron chi connectivity index (χ0n) is 15.6. The molecule has 0 aliphatic carbocycles. The molecule has 0 radical (unpaired) electrons. The Labute approximate surface area is 181 Å². The molecule has 0 spiro atoms. The Kier molecular flexibility index (Phi) is 6.75. The van der Waals surface area contributed by atoms with Crippen LogP contribution in [0.2, 0.25) is 5.02 Å². The lowest BCUT2D eigenvalue weighted by Gasteiger charge is -2.10. The summed E-state index contributed by atoms with van der Waals surface area (Å²) in [5, 5.41) is 13.1. The summed E-state index contributed by atoms with van der Waals surface area (Å²) in [6, 6.07) is 6.73. The Morgan fingerprint density at radius 3 is 2.68 bits per heavy atom. The molecule has 0 unspecified atom stereocenters. The summed E-state index contributed by atoms with van der Waals surface area (Å²) in [5.74, 6) is -1.79. The zero-order chi connectivity index (χ0) is 22.6. The van der Waals surface area contributed by atoms with Gasteiger partial charge in [0.25, 0.3) is 5.91 Å². The number of halogens is 4. The second-order valence-corrected chi connectivity index (χ2v) is 7.08. The third-order valence-corrected chi connectivity index (χ3v) is 4.66. The number of amides is 1. The van der Waals surface area contributed by atoms with Crippen LogP contribution in [0.4, 0.5) is 18.3 Å². The maximum Gasteiger partial charge on any atom is 0.435 e. The average Bonchev–Trinajstić information content (AvgIpc) is 3.34. The summed E-state index contributed by atoms with van der Waals surface area (Å²) in [6.07, 6.45) is -4.73. The largest absolute Gasteiger partial charge is 0.467 e. The van der Waals surface area contributed by atoms with Crippen molar-refractivity contribution >= 4 is 39.9 Å². The van der Waals surface area contributed by atoms with Crippen molar-refractivity contribution in [1.29, 1.82) is 0 Å². The Bertz CT molecular complexity index is 1100. The van der Waals surface area contributed by atoms with Crippen molar-refractivity contribution in [2.24, 2.45) is 0 Å². The quantitative estimate of drug-likeness (QED) is 0.520. The second-order valence-electron chi connectivity index (χ2n) is 5.70. The smallest absolute Gasteiger partial charge is 0.435 e. The standard InChI is InChI=1S/C17H13ClF3N5O4S/c1-2-29-15(28)14-23-24-16(31-14)22-12(27)8-30-13-7-11(17(19,20)21)25-26(13)10-6-4-3-5-9(10)18/h3-7H,2,8H2,1H3,(H,22,24,27). The fraction of sp³-hybridized carbons (Fsp3) is 0.235. The van der Waals surface area contributed by atoms with Gasteiger partial charge >= 0.3 is 12.1 Å². The minimum absolute atomic E-state index is 0.00718. The Balaban J connectivity index is 1.74. The number of rotatable bonds is 7. The number of alkyl halides is 3. The number of ether oxygens (including phenoxy) is 2. The molecule has 1 aromatic carbocycles. The van der Waals surface area contributed by atoms with Gasteiger partial charge in [-0.25, -0.2) is 4.79 Å². The van der Waals surface area contributed by atoms with Crippen LogP contribution in [0.5, 0.6) is 5.88 Å². The predicted octanol–water partition coefficient (Wildman–Crippen LogP) is 3.59. The number of hydrogen-bond donors (Lipinski definition) is 1. The monoisotopic (exact) mass is 475 g/mol. The molecule has 9 nitrogen and oxygen atoms in total. The molecule has 2 aromatic heterocycles. The van der Waals surface area contributed by atoms with Crippen molar-refractivity contribution < 1.29 is 32.2 Å². The van der Waals surface area contributed by atoms with Crippen molar-refractivity contribution in [2.75, 3.05) is 18.5 Å². The molecule has 31 heavy (non-hydrogen) atoms. The first-order chi connectivity index (χ1) is 14.7. The number of carbonyl (C=O) groups excluding carboxylic acids is 2. The summed E-state index contributed by atoms with van der Waals surface area (Å²) >= 11 is 6.82. The Morgan fingerprint density at radius 1 is 1.26 bits per heavy atom. The van der Waals surface area contributed by atoms with Gasteiger partial charge in [0.2, 0.25) is 16.0 Å². The van der Waals surface area contributed by atoms with E-state index in [1.54, 1.807) is 19.1 Å². The summed E-state index contributed by atoms with van der Waals surface area (Å²) < 4.78 is 50.2. The summed E-state index contributed by atoms with van der Waals surface area (Å²) in [6.45, 7) is 1.10. The Morgan fingerprint density at radius 2 is 2.00 bits per heavy atom. The molecule has 0 atom stereocenters. The molecule has 1 amide bonds. The predicted molar refractivity (Wildman–Crippen MR) is 104 cm³/mol. The molecule has 1 N–H and O–H groups in total. The molecule has 2 heterocycles. The van der Waals surface area contributed by atoms with Crippen LogP contribution in [0, 0.1) is 0 Å². The van der Waals surface area contributed by atoms with E-state index in [1.807, 2.05) is 0 Å². The second kappa shape index (κ2) is 9.31. The van der Waals surface area contributed by atoms with Crippen molar-refractivity contribution in [1.82, 2.24) is 20.0 Å². The average molecular weight is 476 g/mol. The lowest BCUT2D eigenvalue weighted by molar-refractivity contribution is -0.141. The molecule has 164 valence electrons. The highest BCUT2D eigenvalue weighted by atomic mass is 35.5. The molecule has 0 saturated heterocycles. The van der Waals surface area contributed by atoms with Crippen LogP contribution < -0.4 is 10.1 Å². The third kappa shape index (κ3) is 5.49. The highest BCUT2D eigenvalue weighted by Crippen LogP contribution is 2.33. The minimum atomic E-state index is -4.73. The molecule has 0 bridgehead atoms. The normalized spacial score (nSPS) is 11.3. The maximum absolute atomic E-state index is 13.1. The highest BCUT2D eigenvalue weighted by Gasteiger charge is 2.36. The van der Waals surface area contributed by atoms with Crippen LogP contribution in [0.1, 0.15) is 22.4 Å². The van der Waals surface area contributed by atoms with Crippen LogP contribution >= 0.6 is 22.9 Å². The van der Waals surface area contributed by atoms with Crippen molar-refractivity contribution in [3.8, 4) is 11.6 Å². The van der Waals surface area contributed by atoms with E-state index in [9.17, 15) is 22.8 Å². The van der Waals surface area contributed by atoms with E-state index < -0.39 is 30.4 Å². The van der Waals surface area contributed by atoms with Crippen molar-refractivity contribution in [3.63, 3.8) is 0 Å². The highest BCUT2D eigenvalue weighted by molar-refractivity contribution is 7.17. The number of benzene rings is 1. The van der Waals surface area contributed by atoms with Gasteiger partial charge < -0.3 is 9.47 Å². The van der Waals surface area contributed by atoms with Crippen molar-refractivity contribution in [2.45, 2.75) is 13.1 Å². The number of esters is 1. The van der Waals surface area contributed by atoms with Gasteiger partial charge in [-0.2, -0.15) is 23.0 Å². The Hall–Kier alpha value is -3.19. The number of nitrogens with zero attached hydrogens (tertiary/aromatic N) is 4. The van der Waals surface area contributed by atoms with Gasteiger partial charge in [-0.15, -0.1) is 10.2 Å².